The molecule has 6 aromatic heterocycles. The first-order valence-electron chi connectivity index (χ1n) is 45.3. The number of hydrogen-bond acceptors (Lipinski definition) is 16. The van der Waals surface area contributed by atoms with Crippen molar-refractivity contribution in [1.82, 2.24) is 57.8 Å². The Morgan fingerprint density at radius 1 is 0.377 bits per heavy atom. The Morgan fingerprint density at radius 3 is 1.05 bits per heavy atom. The lowest BCUT2D eigenvalue weighted by Crippen LogP contribution is -2.37. The van der Waals surface area contributed by atoms with Gasteiger partial charge in [-0.2, -0.15) is 19.0 Å². The normalized spacial score (nSPS) is 15.6. The first kappa shape index (κ1) is 94.5. The van der Waals surface area contributed by atoms with Gasteiger partial charge in [-0.3, -0.25) is 46.8 Å². The summed E-state index contributed by atoms with van der Waals surface area (Å²) in [6.07, 6.45) is 18.4. The van der Waals surface area contributed by atoms with Gasteiger partial charge in [-0.1, -0.05) is 99.7 Å². The van der Waals surface area contributed by atoms with Crippen LogP contribution >= 0.6 is 11.6 Å². The fourth-order valence-electron chi connectivity index (χ4n) is 19.6. The number of aryl methyl sites for hydroxylation is 2. The molecule has 138 heavy (non-hydrogen) atoms. The molecule has 2 aliphatic carbocycles. The molecule has 35 heteroatoms. The van der Waals surface area contributed by atoms with E-state index < -0.39 is 63.2 Å². The largest absolute Gasteiger partial charge is 0.494 e. The van der Waals surface area contributed by atoms with Crippen LogP contribution in [0.4, 0.5) is 81.1 Å². The molecule has 4 saturated heterocycles. The predicted molar refractivity (Wildman–Crippen MR) is 514 cm³/mol. The topological polar surface area (TPSA) is 224 Å². The number of fused-ring (bicyclic) bond motifs is 2. The highest BCUT2D eigenvalue weighted by Crippen LogP contribution is 2.49. The highest BCUT2D eigenvalue weighted by molar-refractivity contribution is 6.32. The smallest absolute Gasteiger partial charge is 0.296 e. The van der Waals surface area contributed by atoms with Crippen LogP contribution in [-0.4, -0.2) is 124 Å². The Balaban J connectivity index is 0.000000127. The van der Waals surface area contributed by atoms with Gasteiger partial charge in [0.1, 0.15) is 57.4 Å². The Morgan fingerprint density at radius 2 is 0.696 bits per heavy atom. The summed E-state index contributed by atoms with van der Waals surface area (Å²) in [7, 11) is 6.28. The molecule has 0 N–H and O–H groups in total. The summed E-state index contributed by atoms with van der Waals surface area (Å²) in [4.78, 5) is 93.3. The van der Waals surface area contributed by atoms with Crippen LogP contribution in [0.1, 0.15) is 109 Å². The van der Waals surface area contributed by atoms with E-state index in [1.165, 1.54) is 109 Å². The molecule has 10 heterocycles. The van der Waals surface area contributed by atoms with Crippen molar-refractivity contribution in [1.29, 1.82) is 0 Å². The minimum absolute atomic E-state index is 0.0181. The number of anilines is 4. The first-order valence-corrected chi connectivity index (χ1v) is 45.7. The van der Waals surface area contributed by atoms with Crippen LogP contribution in [0.25, 0.3) is 109 Å². The molecule has 6 aliphatic rings. The summed E-state index contributed by atoms with van der Waals surface area (Å²) < 4.78 is 136. The summed E-state index contributed by atoms with van der Waals surface area (Å²) in [5.41, 5.74) is 1.58. The maximum absolute atomic E-state index is 15.5. The van der Waals surface area contributed by atoms with Gasteiger partial charge in [-0.15, -0.1) is 0 Å². The van der Waals surface area contributed by atoms with Crippen molar-refractivity contribution in [2.45, 2.75) is 111 Å². The van der Waals surface area contributed by atoms with E-state index in [1.807, 2.05) is 36.3 Å². The zero-order valence-corrected chi connectivity index (χ0v) is 77.3. The third kappa shape index (κ3) is 18.6. The van der Waals surface area contributed by atoms with E-state index >= 15 is 8.78 Å². The van der Waals surface area contributed by atoms with Crippen LogP contribution in [0.2, 0.25) is 5.02 Å². The zero-order chi connectivity index (χ0) is 97.4. The van der Waals surface area contributed by atoms with Gasteiger partial charge in [0.25, 0.3) is 22.2 Å². The second-order valence-corrected chi connectivity index (χ2v) is 36.5. The lowest BCUT2D eigenvalue weighted by molar-refractivity contribution is 0.340. The molecular weight excluding hydrogens is 1800 g/mol. The average Bonchev–Trinajstić information content (AvgIpc) is 0.915. The van der Waals surface area contributed by atoms with Crippen molar-refractivity contribution < 1.29 is 44.6 Å². The van der Waals surface area contributed by atoms with Gasteiger partial charge in [-0.25, -0.2) is 65.7 Å². The van der Waals surface area contributed by atoms with Crippen molar-refractivity contribution in [3.05, 3.63) is 302 Å². The van der Waals surface area contributed by atoms with Gasteiger partial charge in [-0.05, 0) is 179 Å². The van der Waals surface area contributed by atoms with Gasteiger partial charge in [0.15, 0.2) is 40.6 Å². The molecule has 6 fully saturated rings. The van der Waals surface area contributed by atoms with Crippen LogP contribution < -0.4 is 51.3 Å². The van der Waals surface area contributed by atoms with Crippen molar-refractivity contribution in [3.63, 3.8) is 0 Å². The summed E-state index contributed by atoms with van der Waals surface area (Å²) in [6.45, 7) is 40.1. The van der Waals surface area contributed by atoms with Crippen molar-refractivity contribution in [3.8, 4) is 79.8 Å². The third-order valence-electron chi connectivity index (χ3n) is 27.1. The number of rotatable bonds is 14. The van der Waals surface area contributed by atoms with Gasteiger partial charge in [0.05, 0.1) is 79.9 Å². The minimum Gasteiger partial charge on any atom is -0.494 e. The number of ether oxygens (including phenoxy) is 2. The van der Waals surface area contributed by atoms with E-state index in [4.69, 9.17) is 57.3 Å². The monoisotopic (exact) mass is 1890 g/mol. The molecule has 20 rings (SSSR count). The molecule has 2 saturated carbocycles. The van der Waals surface area contributed by atoms with Crippen LogP contribution in [0.3, 0.4) is 0 Å². The van der Waals surface area contributed by atoms with Crippen molar-refractivity contribution in [2.75, 3.05) is 86.2 Å². The van der Waals surface area contributed by atoms with Crippen LogP contribution in [0.15, 0.2) is 177 Å². The molecule has 2 spiro atoms. The second-order valence-electron chi connectivity index (χ2n) is 36.1. The molecule has 0 atom stereocenters. The van der Waals surface area contributed by atoms with Gasteiger partial charge in [0.2, 0.25) is 34.4 Å². The fraction of sp³-hybridized carbons (Fsp3) is 0.320. The Kier molecular flexibility index (Phi) is 26.8. The number of benzene rings is 8. The molecular formula is C103H93ClF8N20O6. The maximum Gasteiger partial charge on any atom is 0.296 e. The molecule has 0 radical (unpaired) electrons. The maximum atomic E-state index is 15.5. The highest BCUT2D eigenvalue weighted by atomic mass is 35.5. The zero-order valence-electron chi connectivity index (χ0n) is 76.5. The first-order chi connectivity index (χ1) is 66.4. The number of piperidine rings is 2. The van der Waals surface area contributed by atoms with E-state index in [2.05, 4.69) is 58.3 Å². The SMILES string of the molecule is [C-]#[N+]c1ccc(-c2nc(N3CCC(C)CC3)c(C)c(=O)n2-c2ccc3nn(C)cc3c2)cc1F.[C-]#[N+]c1ccc(-c2nc(N3CCC(C)CC3)c(F)c(=O)n2-c2ccc3nn(C)cc3c2)cc1F.[C-]#[N+]c1ccc(-c2nc(N3CCC4(CCCC4)C3)c(Cl)c(=O)n2-c2ccc(OC)c(F)c2)cc1F.[C-]#[N+]c1ccc(-c2nc(N3CCC4(CCCC4)C3)c(F)c(=O)n2-c2ccc(OC)c(F)c2)cc1F. The van der Waals surface area contributed by atoms with Crippen molar-refractivity contribution in [2.24, 2.45) is 36.8 Å². The Hall–Kier alpha value is -15.3. The third-order valence-corrected chi connectivity index (χ3v) is 27.4. The number of hydrogen-bond donors (Lipinski definition) is 0. The Bertz CT molecular complexity index is 7160. The molecule has 14 aromatic rings. The molecule has 8 aromatic carbocycles. The summed E-state index contributed by atoms with van der Waals surface area (Å²) in [6, 6.07) is 34.7. The molecule has 0 amide bonds. The second kappa shape index (κ2) is 39.2. The van der Waals surface area contributed by atoms with Gasteiger partial charge < -0.3 is 29.1 Å². The quantitative estimate of drug-likeness (QED) is 0.0729. The summed E-state index contributed by atoms with van der Waals surface area (Å²) in [5, 5.41) is 10.3. The van der Waals surface area contributed by atoms with E-state index in [-0.39, 0.29) is 113 Å². The molecule has 26 nitrogen and oxygen atoms in total. The van der Waals surface area contributed by atoms with Crippen LogP contribution in [0, 0.1) is 102 Å². The number of aromatic nitrogens is 12. The van der Waals surface area contributed by atoms with Gasteiger partial charge in [0, 0.05) is 124 Å². The van der Waals surface area contributed by atoms with Crippen LogP contribution in [-0.2, 0) is 14.1 Å². The molecule has 0 unspecified atom stereocenters. The van der Waals surface area contributed by atoms with Crippen molar-refractivity contribution >= 4 is 79.4 Å². The lowest BCUT2D eigenvalue weighted by Gasteiger charge is -2.32. The Labute approximate surface area is 793 Å². The van der Waals surface area contributed by atoms with E-state index in [1.54, 1.807) is 63.6 Å². The molecule has 704 valence electrons. The van der Waals surface area contributed by atoms with E-state index in [0.717, 1.165) is 165 Å². The average molecular weight is 1890 g/mol. The van der Waals surface area contributed by atoms with E-state index in [0.29, 0.717) is 78.0 Å². The number of halogens is 9. The highest BCUT2D eigenvalue weighted by Gasteiger charge is 2.44. The summed E-state index contributed by atoms with van der Waals surface area (Å²) >= 11 is 6.59. The molecule has 0 bridgehead atoms. The van der Waals surface area contributed by atoms with E-state index in [9.17, 15) is 45.5 Å². The van der Waals surface area contributed by atoms with Gasteiger partial charge >= 0.3 is 0 Å². The fourth-order valence-corrected chi connectivity index (χ4v) is 19.8. The number of nitrogens with zero attached hydrogens (tertiary/aromatic N) is 20. The lowest BCUT2D eigenvalue weighted by atomic mass is 9.86. The predicted octanol–water partition coefficient (Wildman–Crippen LogP) is 21.7. The van der Waals surface area contributed by atoms with Crippen LogP contribution in [0.5, 0.6) is 11.5 Å². The number of methoxy groups -OCH3 is 2. The molecule has 4 aliphatic heterocycles. The minimum atomic E-state index is -1.04. The standard InChI is InChI=1S/C26H23ClF2N4O2.C26H23F3N4O2.C26H25FN6O.C25H22F2N6O/c1-30-20-7-5-16(13-18(20)28)23-31-24(32-12-11-26(15-32)9-3-4-10-26)22(27)25(34)33(23)17-6-8-21(35-2)19(29)14-17;1-30-20-7-5-16(13-18(20)27)23-31-24(32-12-11-26(15-32)9-3-4-10-26)22(29)25(34)33(23)17-6-8-21(35-2)19(28)14-17;1-16-9-11-32(12-10-16)24-17(2)26(34)33(20-6-8-22-19(13-20)15-31(4)30-22)25(29-24)18-5-7-23(28-3)21(27)14-18;1-15-8-10-32(11-9-15)24-22(27)25(34)33(18-5-7-20-17(12-18)14-31(3)30-20)23(29-24)16-4-6-21(28-2)19(26)13-16/h2*5-8,13-14H,3-4,9-12,15H2,2H3;5-8,13-16H,9-12H2,1-2,4H3;4-7,12-15H,8-11H2,1,3H3. The summed E-state index contributed by atoms with van der Waals surface area (Å²) in [5.74, 6) is -3.77.